The highest BCUT2D eigenvalue weighted by Crippen LogP contribution is 2.28. The Kier molecular flexibility index (Phi) is 6.31. The summed E-state index contributed by atoms with van der Waals surface area (Å²) < 4.78 is 5.10. The van der Waals surface area contributed by atoms with Crippen LogP contribution in [0.3, 0.4) is 0 Å². The molecular formula is C22H26N2O4. The average Bonchev–Trinajstić information content (AvgIpc) is 3.13. The smallest absolute Gasteiger partial charge is 0.225 e. The quantitative estimate of drug-likeness (QED) is 0.771. The summed E-state index contributed by atoms with van der Waals surface area (Å²) in [6.45, 7) is 2.46. The van der Waals surface area contributed by atoms with E-state index in [0.717, 1.165) is 5.56 Å². The van der Waals surface area contributed by atoms with E-state index in [1.165, 1.54) is 0 Å². The van der Waals surface area contributed by atoms with Crippen LogP contribution in [0.1, 0.15) is 36.6 Å². The summed E-state index contributed by atoms with van der Waals surface area (Å²) in [5.41, 5.74) is 1.75. The number of rotatable bonds is 7. The maximum Gasteiger partial charge on any atom is 0.225 e. The van der Waals surface area contributed by atoms with Gasteiger partial charge >= 0.3 is 0 Å². The van der Waals surface area contributed by atoms with Crippen LogP contribution < -0.4 is 10.1 Å². The molecule has 0 aromatic heterocycles. The molecule has 1 fully saturated rings. The molecule has 0 spiro atoms. The van der Waals surface area contributed by atoms with Crippen LogP contribution in [0, 0.1) is 5.92 Å². The van der Waals surface area contributed by atoms with Crippen LogP contribution in [0.5, 0.6) is 5.75 Å². The Morgan fingerprint density at radius 3 is 2.50 bits per heavy atom. The molecule has 0 aliphatic carbocycles. The van der Waals surface area contributed by atoms with Gasteiger partial charge in [-0.05, 0) is 30.2 Å². The molecule has 3 atom stereocenters. The first-order valence-electron chi connectivity index (χ1n) is 9.43. The number of methoxy groups -OCH3 is 1. The largest absolute Gasteiger partial charge is 0.497 e. The van der Waals surface area contributed by atoms with Gasteiger partial charge < -0.3 is 20.1 Å². The molecule has 2 N–H and O–H groups in total. The van der Waals surface area contributed by atoms with E-state index in [0.29, 0.717) is 17.9 Å². The molecular weight excluding hydrogens is 356 g/mol. The molecule has 1 aliphatic rings. The fourth-order valence-electron chi connectivity index (χ4n) is 3.48. The van der Waals surface area contributed by atoms with E-state index >= 15 is 0 Å². The van der Waals surface area contributed by atoms with Gasteiger partial charge in [-0.25, -0.2) is 0 Å². The number of likely N-dealkylation sites (tertiary alicyclic amines) is 1. The van der Waals surface area contributed by atoms with Crippen molar-refractivity contribution in [2.75, 3.05) is 20.2 Å². The van der Waals surface area contributed by atoms with E-state index in [2.05, 4.69) is 5.32 Å². The number of benzene rings is 2. The first kappa shape index (κ1) is 19.9. The van der Waals surface area contributed by atoms with Crippen molar-refractivity contribution in [1.29, 1.82) is 0 Å². The van der Waals surface area contributed by atoms with E-state index in [4.69, 9.17) is 4.74 Å². The Labute approximate surface area is 165 Å². The van der Waals surface area contributed by atoms with Crippen LogP contribution in [0.2, 0.25) is 0 Å². The number of aliphatic hydroxyl groups excluding tert-OH is 1. The lowest BCUT2D eigenvalue weighted by atomic mass is 10.1. The van der Waals surface area contributed by atoms with Crippen molar-refractivity contribution in [1.82, 2.24) is 10.2 Å². The SMILES string of the molecule is COc1ccc(C(O)CNC(=O)C2CC(=O)N(C(C)c3ccccc3)C2)cc1. The Morgan fingerprint density at radius 2 is 1.86 bits per heavy atom. The van der Waals surface area contributed by atoms with Gasteiger partial charge in [0, 0.05) is 19.5 Å². The predicted molar refractivity (Wildman–Crippen MR) is 106 cm³/mol. The van der Waals surface area contributed by atoms with Gasteiger partial charge in [0.25, 0.3) is 0 Å². The molecule has 2 aromatic carbocycles. The van der Waals surface area contributed by atoms with Crippen molar-refractivity contribution in [2.24, 2.45) is 5.92 Å². The molecule has 148 valence electrons. The summed E-state index contributed by atoms with van der Waals surface area (Å²) in [6, 6.07) is 16.8. The highest BCUT2D eigenvalue weighted by atomic mass is 16.5. The Bertz CT molecular complexity index is 807. The summed E-state index contributed by atoms with van der Waals surface area (Å²) in [4.78, 5) is 26.7. The van der Waals surface area contributed by atoms with Gasteiger partial charge in [0.2, 0.25) is 11.8 Å². The average molecular weight is 382 g/mol. The maximum absolute atomic E-state index is 12.5. The van der Waals surface area contributed by atoms with Crippen molar-refractivity contribution in [3.63, 3.8) is 0 Å². The normalized spacial score (nSPS) is 18.6. The molecule has 0 saturated carbocycles. The van der Waals surface area contributed by atoms with Gasteiger partial charge in [-0.2, -0.15) is 0 Å². The molecule has 2 aromatic rings. The lowest BCUT2D eigenvalue weighted by Gasteiger charge is -2.25. The standard InChI is InChI=1S/C22H26N2O4/c1-15(16-6-4-3-5-7-16)24-14-18(12-21(24)26)22(27)23-13-20(25)17-8-10-19(28-2)11-9-17/h3-11,15,18,20,25H,12-14H2,1-2H3,(H,23,27). The molecule has 28 heavy (non-hydrogen) atoms. The zero-order chi connectivity index (χ0) is 20.1. The molecule has 1 heterocycles. The summed E-state index contributed by atoms with van der Waals surface area (Å²) in [6.07, 6.45) is -0.618. The zero-order valence-corrected chi connectivity index (χ0v) is 16.2. The van der Waals surface area contributed by atoms with Crippen molar-refractivity contribution in [3.05, 3.63) is 65.7 Å². The summed E-state index contributed by atoms with van der Waals surface area (Å²) >= 11 is 0. The van der Waals surface area contributed by atoms with Gasteiger partial charge in [-0.3, -0.25) is 9.59 Å². The number of nitrogens with one attached hydrogen (secondary N) is 1. The second-order valence-electron chi connectivity index (χ2n) is 7.07. The summed E-state index contributed by atoms with van der Waals surface area (Å²) in [5, 5.41) is 13.1. The molecule has 3 rings (SSSR count). The van der Waals surface area contributed by atoms with Crippen molar-refractivity contribution in [2.45, 2.75) is 25.5 Å². The second-order valence-corrected chi connectivity index (χ2v) is 7.07. The van der Waals surface area contributed by atoms with Crippen LogP contribution >= 0.6 is 0 Å². The van der Waals surface area contributed by atoms with E-state index < -0.39 is 12.0 Å². The number of carbonyl (C=O) groups excluding carboxylic acids is 2. The zero-order valence-electron chi connectivity index (χ0n) is 16.2. The van der Waals surface area contributed by atoms with Gasteiger partial charge in [-0.15, -0.1) is 0 Å². The summed E-state index contributed by atoms with van der Waals surface area (Å²) in [5.74, 6) is 0.0784. The fourth-order valence-corrected chi connectivity index (χ4v) is 3.48. The third kappa shape index (κ3) is 4.51. The fraction of sp³-hybridized carbons (Fsp3) is 0.364. The Balaban J connectivity index is 1.54. The highest BCUT2D eigenvalue weighted by Gasteiger charge is 2.37. The lowest BCUT2D eigenvalue weighted by Crippen LogP contribution is -2.35. The molecule has 2 amide bonds. The predicted octanol–water partition coefficient (Wildman–Crippen LogP) is 2.45. The van der Waals surface area contributed by atoms with Crippen LogP contribution in [0.25, 0.3) is 0 Å². The summed E-state index contributed by atoms with van der Waals surface area (Å²) in [7, 11) is 1.58. The van der Waals surface area contributed by atoms with Crippen LogP contribution in [-0.2, 0) is 9.59 Å². The molecule has 6 nitrogen and oxygen atoms in total. The number of hydrogen-bond acceptors (Lipinski definition) is 4. The van der Waals surface area contributed by atoms with E-state index in [-0.39, 0.29) is 30.8 Å². The van der Waals surface area contributed by atoms with Gasteiger partial charge in [0.1, 0.15) is 5.75 Å². The maximum atomic E-state index is 12.5. The van der Waals surface area contributed by atoms with E-state index in [1.807, 2.05) is 37.3 Å². The minimum absolute atomic E-state index is 0.0211. The van der Waals surface area contributed by atoms with Crippen LogP contribution in [0.4, 0.5) is 0 Å². The second kappa shape index (κ2) is 8.89. The van der Waals surface area contributed by atoms with Gasteiger partial charge in [0.05, 0.1) is 25.2 Å². The van der Waals surface area contributed by atoms with Gasteiger partial charge in [-0.1, -0.05) is 42.5 Å². The number of carbonyl (C=O) groups is 2. The minimum atomic E-state index is -0.814. The van der Waals surface area contributed by atoms with Crippen LogP contribution in [0.15, 0.2) is 54.6 Å². The first-order valence-corrected chi connectivity index (χ1v) is 9.43. The third-order valence-electron chi connectivity index (χ3n) is 5.25. The topological polar surface area (TPSA) is 78.9 Å². The Morgan fingerprint density at radius 1 is 1.18 bits per heavy atom. The van der Waals surface area contributed by atoms with Crippen LogP contribution in [-0.4, -0.2) is 42.0 Å². The minimum Gasteiger partial charge on any atom is -0.497 e. The van der Waals surface area contributed by atoms with Gasteiger partial charge in [0.15, 0.2) is 0 Å². The Hall–Kier alpha value is -2.86. The lowest BCUT2D eigenvalue weighted by molar-refractivity contribution is -0.130. The third-order valence-corrected chi connectivity index (χ3v) is 5.25. The highest BCUT2D eigenvalue weighted by molar-refractivity contribution is 5.89. The van der Waals surface area contributed by atoms with Crippen molar-refractivity contribution >= 4 is 11.8 Å². The molecule has 6 heteroatoms. The molecule has 1 saturated heterocycles. The van der Waals surface area contributed by atoms with E-state index in [1.54, 1.807) is 36.3 Å². The molecule has 1 aliphatic heterocycles. The molecule has 3 unspecified atom stereocenters. The number of aliphatic hydroxyl groups is 1. The van der Waals surface area contributed by atoms with E-state index in [9.17, 15) is 14.7 Å². The molecule has 0 bridgehead atoms. The molecule has 0 radical (unpaired) electrons. The number of amides is 2. The number of ether oxygens (including phenoxy) is 1. The van der Waals surface area contributed by atoms with Crippen molar-refractivity contribution in [3.8, 4) is 5.75 Å². The van der Waals surface area contributed by atoms with Crippen molar-refractivity contribution < 1.29 is 19.4 Å². The number of nitrogens with zero attached hydrogens (tertiary/aromatic N) is 1. The monoisotopic (exact) mass is 382 g/mol. The first-order chi connectivity index (χ1) is 13.5. The number of hydrogen-bond donors (Lipinski definition) is 2.